The molecule has 0 unspecified atom stereocenters. The zero-order valence-electron chi connectivity index (χ0n) is 29.9. The standard InChI is InChI=1S/C50H30N4O2/c1-4-11-31(12-5-1)37-17-10-18-38(29-37)32-19-22-35(23-20-32)48-52-47(34-13-6-2-7-14-34)53-49(54-48)39-24-21-33-25-26-41-44(40(33)30-39)45-42(55-41)27-28-43-46(45)51-50(56-43)36-15-8-3-9-16-36/h1-30H. The molecule has 0 atom stereocenters. The summed E-state index contributed by atoms with van der Waals surface area (Å²) in [7, 11) is 0. The minimum absolute atomic E-state index is 0.572. The number of furan rings is 1. The average Bonchev–Trinajstić information content (AvgIpc) is 3.89. The van der Waals surface area contributed by atoms with Gasteiger partial charge in [0, 0.05) is 27.6 Å². The molecule has 11 aromatic rings. The third kappa shape index (κ3) is 5.51. The van der Waals surface area contributed by atoms with Crippen LogP contribution in [0.3, 0.4) is 0 Å². The van der Waals surface area contributed by atoms with Gasteiger partial charge in [-0.3, -0.25) is 0 Å². The Labute approximate surface area is 321 Å². The van der Waals surface area contributed by atoms with Gasteiger partial charge in [0.1, 0.15) is 16.7 Å². The third-order valence-electron chi connectivity index (χ3n) is 10.4. The van der Waals surface area contributed by atoms with E-state index < -0.39 is 0 Å². The molecular weight excluding hydrogens is 689 g/mol. The molecule has 3 heterocycles. The summed E-state index contributed by atoms with van der Waals surface area (Å²) in [5, 5.41) is 3.97. The average molecular weight is 719 g/mol. The van der Waals surface area contributed by atoms with E-state index in [1.54, 1.807) is 0 Å². The van der Waals surface area contributed by atoms with Gasteiger partial charge in [0.15, 0.2) is 23.1 Å². The first-order valence-electron chi connectivity index (χ1n) is 18.5. The van der Waals surface area contributed by atoms with Crippen LogP contribution in [0.25, 0.3) is 112 Å². The number of oxazole rings is 1. The van der Waals surface area contributed by atoms with Crippen molar-refractivity contribution in [2.45, 2.75) is 0 Å². The second-order valence-electron chi connectivity index (χ2n) is 13.8. The molecule has 0 aliphatic rings. The van der Waals surface area contributed by atoms with Crippen molar-refractivity contribution < 1.29 is 8.83 Å². The summed E-state index contributed by atoms with van der Waals surface area (Å²) in [5.74, 6) is 2.36. The van der Waals surface area contributed by atoms with Gasteiger partial charge in [-0.25, -0.2) is 19.9 Å². The predicted octanol–water partition coefficient (Wildman–Crippen LogP) is 13.1. The Morgan fingerprint density at radius 2 is 0.786 bits per heavy atom. The number of fused-ring (bicyclic) bond motifs is 7. The molecule has 6 nitrogen and oxygen atoms in total. The van der Waals surface area contributed by atoms with E-state index in [0.29, 0.717) is 28.9 Å². The lowest BCUT2D eigenvalue weighted by Crippen LogP contribution is -2.00. The Morgan fingerprint density at radius 3 is 1.48 bits per heavy atom. The van der Waals surface area contributed by atoms with Crippen molar-refractivity contribution in [2.24, 2.45) is 0 Å². The second kappa shape index (κ2) is 13.0. The van der Waals surface area contributed by atoms with E-state index in [4.69, 9.17) is 28.8 Å². The predicted molar refractivity (Wildman–Crippen MR) is 225 cm³/mol. The van der Waals surface area contributed by atoms with Gasteiger partial charge in [-0.15, -0.1) is 0 Å². The van der Waals surface area contributed by atoms with Crippen molar-refractivity contribution in [3.05, 3.63) is 182 Å². The molecule has 0 saturated carbocycles. The largest absolute Gasteiger partial charge is 0.456 e. The zero-order valence-corrected chi connectivity index (χ0v) is 29.9. The van der Waals surface area contributed by atoms with Gasteiger partial charge in [0.2, 0.25) is 5.89 Å². The summed E-state index contributed by atoms with van der Waals surface area (Å²) in [5.41, 5.74) is 11.2. The van der Waals surface area contributed by atoms with Gasteiger partial charge in [-0.1, -0.05) is 140 Å². The maximum absolute atomic E-state index is 6.43. The maximum Gasteiger partial charge on any atom is 0.227 e. The molecular formula is C50H30N4O2. The van der Waals surface area contributed by atoms with E-state index in [1.165, 1.54) is 11.1 Å². The van der Waals surface area contributed by atoms with Crippen LogP contribution in [0.5, 0.6) is 0 Å². The van der Waals surface area contributed by atoms with Gasteiger partial charge < -0.3 is 8.83 Å². The molecule has 0 fully saturated rings. The topological polar surface area (TPSA) is 77.8 Å². The third-order valence-corrected chi connectivity index (χ3v) is 10.4. The Kier molecular flexibility index (Phi) is 7.38. The molecule has 0 saturated heterocycles. The molecule has 0 radical (unpaired) electrons. The highest BCUT2D eigenvalue weighted by atomic mass is 16.4. The maximum atomic E-state index is 6.43. The SMILES string of the molecule is c1ccc(-c2cccc(-c3ccc(-c4nc(-c5ccccc5)nc(-c5ccc6ccc7oc8ccc9oc(-c%10ccccc%10)nc9c8c7c6c5)n4)cc3)c2)cc1. The van der Waals surface area contributed by atoms with E-state index in [1.807, 2.05) is 84.9 Å². The quantitative estimate of drug-likeness (QED) is 0.170. The number of rotatable bonds is 6. The van der Waals surface area contributed by atoms with Crippen LogP contribution in [0.1, 0.15) is 0 Å². The molecule has 56 heavy (non-hydrogen) atoms. The number of hydrogen-bond acceptors (Lipinski definition) is 6. The number of aromatic nitrogens is 4. The van der Waals surface area contributed by atoms with Crippen LogP contribution in [0.2, 0.25) is 0 Å². The molecule has 6 heteroatoms. The van der Waals surface area contributed by atoms with Crippen LogP contribution in [-0.4, -0.2) is 19.9 Å². The molecule has 0 spiro atoms. The zero-order chi connectivity index (χ0) is 37.0. The Bertz CT molecular complexity index is 3230. The van der Waals surface area contributed by atoms with E-state index >= 15 is 0 Å². The first-order valence-corrected chi connectivity index (χ1v) is 18.5. The van der Waals surface area contributed by atoms with Crippen LogP contribution < -0.4 is 0 Å². The molecule has 11 rings (SSSR count). The van der Waals surface area contributed by atoms with Crippen LogP contribution in [-0.2, 0) is 0 Å². The number of hydrogen-bond donors (Lipinski definition) is 0. The summed E-state index contributed by atoms with van der Waals surface area (Å²) in [6, 6.07) is 61.9. The fraction of sp³-hybridized carbons (Fsp3) is 0. The Morgan fingerprint density at radius 1 is 0.304 bits per heavy atom. The molecule has 0 aliphatic heterocycles. The smallest absolute Gasteiger partial charge is 0.227 e. The Hall–Kier alpha value is -7.70. The van der Waals surface area contributed by atoms with Gasteiger partial charge >= 0.3 is 0 Å². The number of nitrogens with zero attached hydrogens (tertiary/aromatic N) is 4. The monoisotopic (exact) mass is 718 g/mol. The van der Waals surface area contributed by atoms with Crippen LogP contribution in [0.4, 0.5) is 0 Å². The molecule has 0 amide bonds. The van der Waals surface area contributed by atoms with Crippen molar-refractivity contribution >= 4 is 43.8 Å². The highest BCUT2D eigenvalue weighted by Gasteiger charge is 2.20. The van der Waals surface area contributed by atoms with Crippen LogP contribution in [0, 0.1) is 0 Å². The van der Waals surface area contributed by atoms with Crippen LogP contribution >= 0.6 is 0 Å². The molecule has 0 bridgehead atoms. The highest BCUT2D eigenvalue weighted by Crippen LogP contribution is 2.41. The summed E-state index contributed by atoms with van der Waals surface area (Å²) in [6.07, 6.45) is 0. The van der Waals surface area contributed by atoms with E-state index in [9.17, 15) is 0 Å². The fourth-order valence-electron chi connectivity index (χ4n) is 7.58. The second-order valence-corrected chi connectivity index (χ2v) is 13.8. The summed E-state index contributed by atoms with van der Waals surface area (Å²) in [6.45, 7) is 0. The van der Waals surface area contributed by atoms with E-state index in [-0.39, 0.29) is 0 Å². The molecule has 0 aliphatic carbocycles. The molecule has 0 N–H and O–H groups in total. The number of benzene rings is 8. The van der Waals surface area contributed by atoms with Crippen molar-refractivity contribution in [1.29, 1.82) is 0 Å². The lowest BCUT2D eigenvalue weighted by Gasteiger charge is -2.10. The lowest BCUT2D eigenvalue weighted by atomic mass is 9.98. The molecule has 262 valence electrons. The van der Waals surface area contributed by atoms with Gasteiger partial charge in [0.05, 0.1) is 5.39 Å². The van der Waals surface area contributed by atoms with Crippen molar-refractivity contribution in [3.63, 3.8) is 0 Å². The van der Waals surface area contributed by atoms with E-state index in [2.05, 4.69) is 97.1 Å². The first-order chi connectivity index (χ1) is 27.7. The summed E-state index contributed by atoms with van der Waals surface area (Å²) < 4.78 is 12.7. The van der Waals surface area contributed by atoms with Crippen LogP contribution in [0.15, 0.2) is 191 Å². The van der Waals surface area contributed by atoms with Gasteiger partial charge in [-0.05, 0) is 75.5 Å². The summed E-state index contributed by atoms with van der Waals surface area (Å²) in [4.78, 5) is 20.2. The van der Waals surface area contributed by atoms with E-state index in [0.717, 1.165) is 71.6 Å². The summed E-state index contributed by atoms with van der Waals surface area (Å²) >= 11 is 0. The lowest BCUT2D eigenvalue weighted by molar-refractivity contribution is 0.619. The minimum Gasteiger partial charge on any atom is -0.456 e. The Balaban J connectivity index is 1.04. The first kappa shape index (κ1) is 31.8. The normalized spacial score (nSPS) is 11.6. The van der Waals surface area contributed by atoms with Crippen molar-refractivity contribution in [1.82, 2.24) is 19.9 Å². The fourth-order valence-corrected chi connectivity index (χ4v) is 7.58. The highest BCUT2D eigenvalue weighted by molar-refractivity contribution is 6.25. The van der Waals surface area contributed by atoms with Gasteiger partial charge in [0.25, 0.3) is 0 Å². The molecule has 8 aromatic carbocycles. The van der Waals surface area contributed by atoms with Gasteiger partial charge in [-0.2, -0.15) is 0 Å². The van der Waals surface area contributed by atoms with Crippen molar-refractivity contribution in [3.8, 4) is 67.9 Å². The van der Waals surface area contributed by atoms with Crippen molar-refractivity contribution in [2.75, 3.05) is 0 Å². The minimum atomic E-state index is 0.572. The molecule has 3 aromatic heterocycles.